The predicted molar refractivity (Wildman–Crippen MR) is 52.8 cm³/mol. The molecule has 0 aliphatic heterocycles. The SMILES string of the molecule is CCCc1cncc(Cl)c1NC. The molecule has 0 fully saturated rings. The molecule has 1 heterocycles. The molecule has 66 valence electrons. The number of nitrogens with zero attached hydrogens (tertiary/aromatic N) is 1. The molecule has 0 saturated carbocycles. The van der Waals surface area contributed by atoms with E-state index < -0.39 is 0 Å². The maximum Gasteiger partial charge on any atom is 0.0823 e. The summed E-state index contributed by atoms with van der Waals surface area (Å²) in [7, 11) is 1.88. The Morgan fingerprint density at radius 1 is 1.50 bits per heavy atom. The fourth-order valence-corrected chi connectivity index (χ4v) is 1.49. The third-order valence-electron chi connectivity index (χ3n) is 1.75. The minimum Gasteiger partial charge on any atom is -0.387 e. The molecule has 0 amide bonds. The van der Waals surface area contributed by atoms with Gasteiger partial charge in [0.25, 0.3) is 0 Å². The molecular formula is C9H13ClN2. The normalized spacial score (nSPS) is 9.92. The number of aromatic nitrogens is 1. The van der Waals surface area contributed by atoms with Crippen LogP contribution in [-0.2, 0) is 6.42 Å². The molecule has 12 heavy (non-hydrogen) atoms. The van der Waals surface area contributed by atoms with E-state index in [1.165, 1.54) is 5.56 Å². The summed E-state index contributed by atoms with van der Waals surface area (Å²) in [6, 6.07) is 0. The number of pyridine rings is 1. The van der Waals surface area contributed by atoms with Gasteiger partial charge in [0.05, 0.1) is 10.7 Å². The lowest BCUT2D eigenvalue weighted by Crippen LogP contribution is -1.97. The van der Waals surface area contributed by atoms with Gasteiger partial charge in [0, 0.05) is 19.4 Å². The first-order valence-electron chi connectivity index (χ1n) is 4.09. The summed E-state index contributed by atoms with van der Waals surface area (Å²) in [6.45, 7) is 2.14. The van der Waals surface area contributed by atoms with E-state index in [9.17, 15) is 0 Å². The van der Waals surface area contributed by atoms with Crippen LogP contribution in [0.25, 0.3) is 0 Å². The number of halogens is 1. The summed E-state index contributed by atoms with van der Waals surface area (Å²) in [5, 5.41) is 3.77. The molecular weight excluding hydrogens is 172 g/mol. The summed E-state index contributed by atoms with van der Waals surface area (Å²) in [4.78, 5) is 4.04. The van der Waals surface area contributed by atoms with Gasteiger partial charge < -0.3 is 5.32 Å². The lowest BCUT2D eigenvalue weighted by molar-refractivity contribution is 0.915. The summed E-state index contributed by atoms with van der Waals surface area (Å²) >= 11 is 5.94. The van der Waals surface area contributed by atoms with E-state index in [1.807, 2.05) is 13.2 Å². The van der Waals surface area contributed by atoms with Crippen LogP contribution in [0.2, 0.25) is 5.02 Å². The Morgan fingerprint density at radius 3 is 2.83 bits per heavy atom. The van der Waals surface area contributed by atoms with Gasteiger partial charge in [0.1, 0.15) is 0 Å². The average molecular weight is 185 g/mol. The van der Waals surface area contributed by atoms with Crippen molar-refractivity contribution in [2.24, 2.45) is 0 Å². The van der Waals surface area contributed by atoms with E-state index in [0.717, 1.165) is 18.5 Å². The zero-order valence-corrected chi connectivity index (χ0v) is 8.15. The highest BCUT2D eigenvalue weighted by Crippen LogP contribution is 2.24. The van der Waals surface area contributed by atoms with Crippen molar-refractivity contribution in [1.29, 1.82) is 0 Å². The van der Waals surface area contributed by atoms with Crippen molar-refractivity contribution >= 4 is 17.3 Å². The largest absolute Gasteiger partial charge is 0.387 e. The molecule has 1 aromatic heterocycles. The van der Waals surface area contributed by atoms with Gasteiger partial charge in [-0.05, 0) is 12.0 Å². The molecule has 0 saturated heterocycles. The quantitative estimate of drug-likeness (QED) is 0.782. The van der Waals surface area contributed by atoms with E-state index in [4.69, 9.17) is 11.6 Å². The van der Waals surface area contributed by atoms with Crippen LogP contribution in [0, 0.1) is 0 Å². The number of hydrogen-bond acceptors (Lipinski definition) is 2. The first-order chi connectivity index (χ1) is 5.79. The topological polar surface area (TPSA) is 24.9 Å². The second kappa shape index (κ2) is 4.31. The van der Waals surface area contributed by atoms with Crippen LogP contribution >= 0.6 is 11.6 Å². The van der Waals surface area contributed by atoms with Gasteiger partial charge in [-0.25, -0.2) is 0 Å². The van der Waals surface area contributed by atoms with Gasteiger partial charge in [-0.1, -0.05) is 24.9 Å². The maximum atomic E-state index is 5.94. The Kier molecular flexibility index (Phi) is 3.35. The number of hydrogen-bond donors (Lipinski definition) is 1. The fraction of sp³-hybridized carbons (Fsp3) is 0.444. The lowest BCUT2D eigenvalue weighted by Gasteiger charge is -2.08. The van der Waals surface area contributed by atoms with E-state index in [-0.39, 0.29) is 0 Å². The van der Waals surface area contributed by atoms with Gasteiger partial charge in [-0.15, -0.1) is 0 Å². The molecule has 2 nitrogen and oxygen atoms in total. The minimum atomic E-state index is 0.698. The van der Waals surface area contributed by atoms with E-state index >= 15 is 0 Å². The van der Waals surface area contributed by atoms with Crippen LogP contribution in [0.5, 0.6) is 0 Å². The number of nitrogens with one attached hydrogen (secondary N) is 1. The van der Waals surface area contributed by atoms with Gasteiger partial charge in [-0.3, -0.25) is 4.98 Å². The van der Waals surface area contributed by atoms with Crippen LogP contribution in [-0.4, -0.2) is 12.0 Å². The zero-order chi connectivity index (χ0) is 8.97. The van der Waals surface area contributed by atoms with Crippen LogP contribution in [0.4, 0.5) is 5.69 Å². The molecule has 0 aromatic carbocycles. The predicted octanol–water partition coefficient (Wildman–Crippen LogP) is 2.73. The first kappa shape index (κ1) is 9.33. The fourth-order valence-electron chi connectivity index (χ4n) is 1.21. The highest BCUT2D eigenvalue weighted by molar-refractivity contribution is 6.33. The van der Waals surface area contributed by atoms with Crippen molar-refractivity contribution in [3.05, 3.63) is 23.0 Å². The van der Waals surface area contributed by atoms with Crippen molar-refractivity contribution in [3.63, 3.8) is 0 Å². The van der Waals surface area contributed by atoms with E-state index in [1.54, 1.807) is 6.20 Å². The maximum absolute atomic E-state index is 5.94. The standard InChI is InChI=1S/C9H13ClN2/c1-3-4-7-5-12-6-8(10)9(7)11-2/h5-6H,3-4H2,1-2H3,(H,11,12). The summed E-state index contributed by atoms with van der Waals surface area (Å²) in [5.74, 6) is 0. The molecule has 0 spiro atoms. The van der Waals surface area contributed by atoms with Crippen LogP contribution in [0.1, 0.15) is 18.9 Å². The second-order valence-corrected chi connectivity index (χ2v) is 3.06. The van der Waals surface area contributed by atoms with Crippen molar-refractivity contribution in [3.8, 4) is 0 Å². The summed E-state index contributed by atoms with van der Waals surface area (Å²) < 4.78 is 0. The monoisotopic (exact) mass is 184 g/mol. The van der Waals surface area contributed by atoms with E-state index in [0.29, 0.717) is 5.02 Å². The third-order valence-corrected chi connectivity index (χ3v) is 2.03. The molecule has 0 bridgehead atoms. The van der Waals surface area contributed by atoms with Gasteiger partial charge in [-0.2, -0.15) is 0 Å². The van der Waals surface area contributed by atoms with Crippen molar-refractivity contribution in [2.45, 2.75) is 19.8 Å². The lowest BCUT2D eigenvalue weighted by atomic mass is 10.1. The third kappa shape index (κ3) is 1.89. The smallest absolute Gasteiger partial charge is 0.0823 e. The average Bonchev–Trinajstić information content (AvgIpc) is 2.05. The van der Waals surface area contributed by atoms with Crippen LogP contribution in [0.15, 0.2) is 12.4 Å². The first-order valence-corrected chi connectivity index (χ1v) is 4.47. The molecule has 1 N–H and O–H groups in total. The molecule has 0 unspecified atom stereocenters. The molecule has 0 aliphatic carbocycles. The van der Waals surface area contributed by atoms with Crippen molar-refractivity contribution < 1.29 is 0 Å². The summed E-state index contributed by atoms with van der Waals surface area (Å²) in [5.41, 5.74) is 2.20. The second-order valence-electron chi connectivity index (χ2n) is 2.66. The number of rotatable bonds is 3. The van der Waals surface area contributed by atoms with Crippen LogP contribution in [0.3, 0.4) is 0 Å². The Morgan fingerprint density at radius 2 is 2.25 bits per heavy atom. The van der Waals surface area contributed by atoms with Crippen molar-refractivity contribution in [2.75, 3.05) is 12.4 Å². The Hall–Kier alpha value is -0.760. The Labute approximate surface area is 78.0 Å². The Balaban J connectivity index is 3.00. The highest BCUT2D eigenvalue weighted by Gasteiger charge is 2.03. The highest BCUT2D eigenvalue weighted by atomic mass is 35.5. The molecule has 1 rings (SSSR count). The summed E-state index contributed by atoms with van der Waals surface area (Å²) in [6.07, 6.45) is 5.65. The van der Waals surface area contributed by atoms with Crippen molar-refractivity contribution in [1.82, 2.24) is 4.98 Å². The molecule has 0 atom stereocenters. The van der Waals surface area contributed by atoms with Crippen LogP contribution < -0.4 is 5.32 Å². The number of aryl methyl sites for hydroxylation is 1. The molecule has 0 aliphatic rings. The minimum absolute atomic E-state index is 0.698. The van der Waals surface area contributed by atoms with Gasteiger partial charge >= 0.3 is 0 Å². The van der Waals surface area contributed by atoms with E-state index in [2.05, 4.69) is 17.2 Å². The molecule has 1 aromatic rings. The molecule has 0 radical (unpaired) electrons. The Bertz CT molecular complexity index is 261. The molecule has 3 heteroatoms. The van der Waals surface area contributed by atoms with Gasteiger partial charge in [0.2, 0.25) is 0 Å². The van der Waals surface area contributed by atoms with Gasteiger partial charge in [0.15, 0.2) is 0 Å². The number of anilines is 1. The zero-order valence-electron chi connectivity index (χ0n) is 7.39.